The second-order valence-electron chi connectivity index (χ2n) is 7.94. The zero-order chi connectivity index (χ0) is 21.8. The van der Waals surface area contributed by atoms with Gasteiger partial charge in [-0.2, -0.15) is 0 Å². The molecule has 1 fully saturated rings. The molecule has 0 radical (unpaired) electrons. The second kappa shape index (κ2) is 9.20. The summed E-state index contributed by atoms with van der Waals surface area (Å²) in [6.07, 6.45) is 1.59. The Labute approximate surface area is 181 Å². The zero-order valence-electron chi connectivity index (χ0n) is 17.7. The number of fused-ring (bicyclic) bond motifs is 1. The van der Waals surface area contributed by atoms with Gasteiger partial charge in [-0.25, -0.2) is 9.78 Å². The molecule has 7 nitrogen and oxygen atoms in total. The van der Waals surface area contributed by atoms with E-state index in [0.29, 0.717) is 24.4 Å². The van der Waals surface area contributed by atoms with Crippen LogP contribution in [0, 0.1) is 0 Å². The van der Waals surface area contributed by atoms with Gasteiger partial charge in [-0.05, 0) is 63.1 Å². The van der Waals surface area contributed by atoms with Gasteiger partial charge in [0.25, 0.3) is 5.91 Å². The number of ether oxygens (including phenoxy) is 2. The number of nitrogens with zero attached hydrogens (tertiary/aromatic N) is 2. The molecular weight excluding hydrogens is 396 g/mol. The maximum absolute atomic E-state index is 12.5. The highest BCUT2D eigenvalue weighted by atomic mass is 16.5. The minimum atomic E-state index is -0.522. The summed E-state index contributed by atoms with van der Waals surface area (Å²) in [5.41, 5.74) is 2.03. The summed E-state index contributed by atoms with van der Waals surface area (Å²) in [7, 11) is 0. The van der Waals surface area contributed by atoms with Crippen molar-refractivity contribution in [3.63, 3.8) is 0 Å². The van der Waals surface area contributed by atoms with E-state index in [1.54, 1.807) is 29.2 Å². The van der Waals surface area contributed by atoms with Crippen molar-refractivity contribution in [3.8, 4) is 5.75 Å². The van der Waals surface area contributed by atoms with Crippen LogP contribution in [-0.4, -0.2) is 47.6 Å². The van der Waals surface area contributed by atoms with Gasteiger partial charge in [-0.15, -0.1) is 0 Å². The number of oxazole rings is 1. The third-order valence-electron chi connectivity index (χ3n) is 5.30. The molecule has 0 bridgehead atoms. The first-order valence-corrected chi connectivity index (χ1v) is 10.6. The van der Waals surface area contributed by atoms with Crippen molar-refractivity contribution in [1.29, 1.82) is 0 Å². The Hall–Kier alpha value is -3.35. The van der Waals surface area contributed by atoms with Crippen LogP contribution in [0.15, 0.2) is 52.9 Å². The van der Waals surface area contributed by atoms with E-state index in [9.17, 15) is 9.59 Å². The molecule has 7 heteroatoms. The molecule has 0 spiro atoms. The van der Waals surface area contributed by atoms with E-state index in [1.807, 2.05) is 38.1 Å². The van der Waals surface area contributed by atoms with E-state index in [2.05, 4.69) is 4.98 Å². The summed E-state index contributed by atoms with van der Waals surface area (Å²) in [4.78, 5) is 31.0. The van der Waals surface area contributed by atoms with Crippen molar-refractivity contribution in [2.24, 2.45) is 0 Å². The van der Waals surface area contributed by atoms with E-state index < -0.39 is 5.97 Å². The SMILES string of the molecule is CC(C)Oc1ccc(C(=O)OCC(=O)N2CCC(c3nc4ccccc4o3)CC2)cc1. The first-order valence-electron chi connectivity index (χ1n) is 10.6. The molecular formula is C24H26N2O5. The van der Waals surface area contributed by atoms with Crippen molar-refractivity contribution in [2.45, 2.75) is 38.7 Å². The number of rotatable bonds is 6. The minimum absolute atomic E-state index is 0.0576. The number of para-hydroxylation sites is 2. The van der Waals surface area contributed by atoms with Gasteiger partial charge in [0.05, 0.1) is 11.7 Å². The summed E-state index contributed by atoms with van der Waals surface area (Å²) >= 11 is 0. The van der Waals surface area contributed by atoms with Gasteiger partial charge in [-0.1, -0.05) is 12.1 Å². The smallest absolute Gasteiger partial charge is 0.338 e. The zero-order valence-corrected chi connectivity index (χ0v) is 17.7. The van der Waals surface area contributed by atoms with Crippen LogP contribution >= 0.6 is 0 Å². The highest BCUT2D eigenvalue weighted by Crippen LogP contribution is 2.30. The number of esters is 1. The predicted molar refractivity (Wildman–Crippen MR) is 115 cm³/mol. The van der Waals surface area contributed by atoms with E-state index in [-0.39, 0.29) is 24.5 Å². The molecule has 0 N–H and O–H groups in total. The van der Waals surface area contributed by atoms with Crippen molar-refractivity contribution >= 4 is 23.0 Å². The number of benzene rings is 2. The van der Waals surface area contributed by atoms with E-state index in [0.717, 1.165) is 29.8 Å². The number of hydrogen-bond donors (Lipinski definition) is 0. The molecule has 31 heavy (non-hydrogen) atoms. The number of piperidine rings is 1. The van der Waals surface area contributed by atoms with Crippen LogP contribution in [0.3, 0.4) is 0 Å². The fourth-order valence-electron chi connectivity index (χ4n) is 3.68. The van der Waals surface area contributed by atoms with Crippen LogP contribution in [0.1, 0.15) is 48.9 Å². The Morgan fingerprint density at radius 2 is 1.81 bits per heavy atom. The van der Waals surface area contributed by atoms with Gasteiger partial charge in [-0.3, -0.25) is 4.79 Å². The molecule has 2 aromatic carbocycles. The largest absolute Gasteiger partial charge is 0.491 e. The lowest BCUT2D eigenvalue weighted by molar-refractivity contribution is -0.135. The first kappa shape index (κ1) is 20.9. The molecule has 3 aromatic rings. The first-order chi connectivity index (χ1) is 15.0. The maximum Gasteiger partial charge on any atom is 0.338 e. The Bertz CT molecular complexity index is 1020. The molecule has 0 aliphatic carbocycles. The molecule has 1 aliphatic rings. The molecule has 162 valence electrons. The fraction of sp³-hybridized carbons (Fsp3) is 0.375. The number of carbonyl (C=O) groups excluding carboxylic acids is 2. The topological polar surface area (TPSA) is 81.9 Å². The fourth-order valence-corrected chi connectivity index (χ4v) is 3.68. The van der Waals surface area contributed by atoms with Crippen LogP contribution in [0.5, 0.6) is 5.75 Å². The maximum atomic E-state index is 12.5. The van der Waals surface area contributed by atoms with Crippen LogP contribution in [-0.2, 0) is 9.53 Å². The number of aromatic nitrogens is 1. The van der Waals surface area contributed by atoms with Gasteiger partial charge in [0, 0.05) is 19.0 Å². The Morgan fingerprint density at radius 3 is 2.48 bits per heavy atom. The molecule has 1 aliphatic heterocycles. The summed E-state index contributed by atoms with van der Waals surface area (Å²) in [6.45, 7) is 4.77. The van der Waals surface area contributed by atoms with Gasteiger partial charge in [0.1, 0.15) is 11.3 Å². The standard InChI is InChI=1S/C24H26N2O5/c1-16(2)30-19-9-7-18(8-10-19)24(28)29-15-22(27)26-13-11-17(12-14-26)23-25-20-5-3-4-6-21(20)31-23/h3-10,16-17H,11-15H2,1-2H3. The average Bonchev–Trinajstić information content (AvgIpc) is 3.22. The quantitative estimate of drug-likeness (QED) is 0.555. The molecule has 0 unspecified atom stereocenters. The van der Waals surface area contributed by atoms with Gasteiger partial charge >= 0.3 is 5.97 Å². The number of carbonyl (C=O) groups is 2. The van der Waals surface area contributed by atoms with Crippen LogP contribution in [0.25, 0.3) is 11.1 Å². The molecule has 2 heterocycles. The molecule has 1 saturated heterocycles. The monoisotopic (exact) mass is 422 g/mol. The highest BCUT2D eigenvalue weighted by Gasteiger charge is 2.27. The van der Waals surface area contributed by atoms with Crippen molar-refractivity contribution < 1.29 is 23.5 Å². The van der Waals surface area contributed by atoms with Crippen LogP contribution < -0.4 is 4.74 Å². The van der Waals surface area contributed by atoms with E-state index in [1.165, 1.54) is 0 Å². The Kier molecular flexibility index (Phi) is 6.21. The third kappa shape index (κ3) is 5.05. The second-order valence-corrected chi connectivity index (χ2v) is 7.94. The van der Waals surface area contributed by atoms with E-state index in [4.69, 9.17) is 13.9 Å². The third-order valence-corrected chi connectivity index (χ3v) is 5.30. The average molecular weight is 422 g/mol. The van der Waals surface area contributed by atoms with Gasteiger partial charge < -0.3 is 18.8 Å². The molecule has 4 rings (SSSR count). The molecule has 0 saturated carbocycles. The van der Waals surface area contributed by atoms with Crippen molar-refractivity contribution in [3.05, 3.63) is 60.0 Å². The lowest BCUT2D eigenvalue weighted by atomic mass is 9.97. The minimum Gasteiger partial charge on any atom is -0.491 e. The Balaban J connectivity index is 1.25. The lowest BCUT2D eigenvalue weighted by Crippen LogP contribution is -2.40. The number of hydrogen-bond acceptors (Lipinski definition) is 6. The van der Waals surface area contributed by atoms with Crippen LogP contribution in [0.2, 0.25) is 0 Å². The molecule has 1 amide bonds. The normalized spacial score (nSPS) is 14.7. The summed E-state index contributed by atoms with van der Waals surface area (Å²) in [5.74, 6) is 0.884. The Morgan fingerprint density at radius 1 is 1.10 bits per heavy atom. The van der Waals surface area contributed by atoms with E-state index >= 15 is 0 Å². The van der Waals surface area contributed by atoms with Crippen molar-refractivity contribution in [1.82, 2.24) is 9.88 Å². The highest BCUT2D eigenvalue weighted by molar-refractivity contribution is 5.91. The predicted octanol–water partition coefficient (Wildman–Crippen LogP) is 4.18. The molecule has 0 atom stereocenters. The van der Waals surface area contributed by atoms with Crippen LogP contribution in [0.4, 0.5) is 0 Å². The number of likely N-dealkylation sites (tertiary alicyclic amines) is 1. The van der Waals surface area contributed by atoms with Gasteiger partial charge in [0.2, 0.25) is 0 Å². The summed E-state index contributed by atoms with van der Waals surface area (Å²) in [5, 5.41) is 0. The van der Waals surface area contributed by atoms with Gasteiger partial charge in [0.15, 0.2) is 18.1 Å². The molecule has 1 aromatic heterocycles. The lowest BCUT2D eigenvalue weighted by Gasteiger charge is -2.30. The summed E-state index contributed by atoms with van der Waals surface area (Å²) in [6, 6.07) is 14.4. The summed E-state index contributed by atoms with van der Waals surface area (Å²) < 4.78 is 16.6. The van der Waals surface area contributed by atoms with Crippen molar-refractivity contribution in [2.75, 3.05) is 19.7 Å². The number of amides is 1.